The first-order valence-corrected chi connectivity index (χ1v) is 11.6. The highest BCUT2D eigenvalue weighted by atomic mass is 19.1. The third-order valence-electron chi connectivity index (χ3n) is 7.10. The Morgan fingerprint density at radius 3 is 2.57 bits per heavy atom. The first kappa shape index (κ1) is 23.5. The Labute approximate surface area is 197 Å². The number of nitrogens with zero attached hydrogens (tertiary/aromatic N) is 2. The van der Waals surface area contributed by atoms with Gasteiger partial charge in [0.05, 0.1) is 16.6 Å². The van der Waals surface area contributed by atoms with Crippen molar-refractivity contribution in [1.82, 2.24) is 9.88 Å². The molecule has 3 unspecified atom stereocenters. The number of nitrogens with one attached hydrogen (secondary N) is 1. The molecule has 3 atom stereocenters. The second-order valence-electron chi connectivity index (χ2n) is 9.42. The number of piperidine rings is 1. The molecular weight excluding hydrogens is 468 g/mol. The van der Waals surface area contributed by atoms with E-state index in [1.807, 2.05) is 0 Å². The molecule has 2 aromatic rings. The number of halogens is 2. The summed E-state index contributed by atoms with van der Waals surface area (Å²) in [6, 6.07) is 0.591. The van der Waals surface area contributed by atoms with Crippen molar-refractivity contribution in [2.75, 3.05) is 24.5 Å². The van der Waals surface area contributed by atoms with Gasteiger partial charge in [0.25, 0.3) is 0 Å². The number of hydrogen-bond donors (Lipinski definition) is 4. The van der Waals surface area contributed by atoms with Crippen molar-refractivity contribution in [3.8, 4) is 5.75 Å². The first-order chi connectivity index (χ1) is 16.7. The van der Waals surface area contributed by atoms with Crippen molar-refractivity contribution in [1.29, 1.82) is 0 Å². The van der Waals surface area contributed by atoms with Gasteiger partial charge in [-0.25, -0.2) is 18.4 Å². The lowest BCUT2D eigenvalue weighted by molar-refractivity contribution is -0.146. The number of hydrogen-bond acceptors (Lipinski definition) is 7. The summed E-state index contributed by atoms with van der Waals surface area (Å²) in [7, 11) is 0. The van der Waals surface area contributed by atoms with Crippen molar-refractivity contribution in [2.24, 2.45) is 5.92 Å². The standard InChI is InChI=1S/C23H25F2N3O7/c24-13-6-12-18(17(25)19(13)27-8-10-2-1-5-26-14(10)9-27)28(11-3-4-11)15(7-16(29)22(31)32)21(20(12)30)35-23(33)34/h6,10-11,14,16,26,29H,1-5,7-9H2,(H,31,32)(H,33,34). The van der Waals surface area contributed by atoms with Gasteiger partial charge in [-0.05, 0) is 44.2 Å². The summed E-state index contributed by atoms with van der Waals surface area (Å²) in [6.45, 7) is 1.67. The minimum Gasteiger partial charge on any atom is -0.479 e. The SMILES string of the molecule is O=C(O)Oc1c(CC(O)C(=O)O)n(C2CC2)c2c(F)c(N3CC4CCCNC4C3)c(F)cc2c1=O. The number of aliphatic hydroxyl groups excluding tert-OH is 1. The Bertz CT molecular complexity index is 1260. The molecule has 0 radical (unpaired) electrons. The molecule has 4 N–H and O–H groups in total. The first-order valence-electron chi connectivity index (χ1n) is 11.6. The van der Waals surface area contributed by atoms with E-state index in [4.69, 9.17) is 5.11 Å². The Hall–Kier alpha value is -3.25. The van der Waals surface area contributed by atoms with Crippen molar-refractivity contribution in [3.05, 3.63) is 33.6 Å². The van der Waals surface area contributed by atoms with Crippen LogP contribution in [0.5, 0.6) is 5.75 Å². The molecule has 0 amide bonds. The van der Waals surface area contributed by atoms with Crippen LogP contribution in [0, 0.1) is 17.6 Å². The normalized spacial score (nSPS) is 22.8. The largest absolute Gasteiger partial charge is 0.511 e. The van der Waals surface area contributed by atoms with E-state index in [-0.39, 0.29) is 34.9 Å². The summed E-state index contributed by atoms with van der Waals surface area (Å²) in [5, 5.41) is 31.3. The van der Waals surface area contributed by atoms with Crippen molar-refractivity contribution < 1.29 is 38.4 Å². The number of aliphatic hydroxyl groups is 1. The Balaban J connectivity index is 1.74. The van der Waals surface area contributed by atoms with Crippen LogP contribution in [0.15, 0.2) is 10.9 Å². The molecule has 1 aromatic heterocycles. The molecule has 188 valence electrons. The number of aromatic nitrogens is 1. The van der Waals surface area contributed by atoms with Crippen LogP contribution in [-0.4, -0.2) is 63.8 Å². The number of anilines is 1. The third-order valence-corrected chi connectivity index (χ3v) is 7.10. The van der Waals surface area contributed by atoms with Crippen LogP contribution < -0.4 is 20.4 Å². The molecule has 12 heteroatoms. The van der Waals surface area contributed by atoms with Gasteiger partial charge in [0.2, 0.25) is 11.2 Å². The van der Waals surface area contributed by atoms with Crippen LogP contribution in [0.2, 0.25) is 0 Å². The molecule has 1 saturated carbocycles. The average Bonchev–Trinajstić information content (AvgIpc) is 3.54. The number of pyridine rings is 1. The number of carboxylic acids is 1. The monoisotopic (exact) mass is 493 g/mol. The lowest BCUT2D eigenvalue weighted by Gasteiger charge is -2.25. The molecule has 2 aliphatic heterocycles. The number of rotatable bonds is 6. The number of carbonyl (C=O) groups is 2. The van der Waals surface area contributed by atoms with Gasteiger partial charge in [0, 0.05) is 31.6 Å². The Morgan fingerprint density at radius 1 is 1.20 bits per heavy atom. The maximum atomic E-state index is 16.2. The minimum absolute atomic E-state index is 0.0940. The molecule has 10 nitrogen and oxygen atoms in total. The van der Waals surface area contributed by atoms with Crippen LogP contribution in [0.25, 0.3) is 10.9 Å². The summed E-state index contributed by atoms with van der Waals surface area (Å²) in [4.78, 5) is 37.4. The quantitative estimate of drug-likeness (QED) is 0.444. The number of benzene rings is 1. The number of aliphatic carboxylic acids is 1. The van der Waals surface area contributed by atoms with E-state index < -0.39 is 52.8 Å². The second-order valence-corrected chi connectivity index (χ2v) is 9.42. The van der Waals surface area contributed by atoms with E-state index in [1.165, 1.54) is 4.57 Å². The zero-order valence-electron chi connectivity index (χ0n) is 18.7. The van der Waals surface area contributed by atoms with Gasteiger partial charge in [-0.15, -0.1) is 0 Å². The van der Waals surface area contributed by atoms with Crippen LogP contribution >= 0.6 is 0 Å². The molecule has 5 rings (SSSR count). The van der Waals surface area contributed by atoms with Gasteiger partial charge < -0.3 is 34.8 Å². The Morgan fingerprint density at radius 2 is 1.94 bits per heavy atom. The molecular formula is C23H25F2N3O7. The van der Waals surface area contributed by atoms with E-state index in [2.05, 4.69) is 10.1 Å². The molecule has 0 bridgehead atoms. The fourth-order valence-electron chi connectivity index (χ4n) is 5.41. The number of carboxylic acid groups (broad SMARTS) is 2. The van der Waals surface area contributed by atoms with Crippen molar-refractivity contribution in [3.63, 3.8) is 0 Å². The predicted molar refractivity (Wildman–Crippen MR) is 119 cm³/mol. The summed E-state index contributed by atoms with van der Waals surface area (Å²) < 4.78 is 37.5. The lowest BCUT2D eigenvalue weighted by Crippen LogP contribution is -2.40. The second kappa shape index (κ2) is 8.76. The highest BCUT2D eigenvalue weighted by molar-refractivity contribution is 5.87. The van der Waals surface area contributed by atoms with E-state index in [0.29, 0.717) is 25.9 Å². The predicted octanol–water partition coefficient (Wildman–Crippen LogP) is 1.85. The van der Waals surface area contributed by atoms with Gasteiger partial charge >= 0.3 is 12.1 Å². The Kier molecular flexibility index (Phi) is 5.88. The highest BCUT2D eigenvalue weighted by Gasteiger charge is 2.39. The van der Waals surface area contributed by atoms with Crippen LogP contribution in [0.3, 0.4) is 0 Å². The van der Waals surface area contributed by atoms with Gasteiger partial charge in [-0.3, -0.25) is 4.79 Å². The third kappa shape index (κ3) is 4.10. The fraction of sp³-hybridized carbons (Fsp3) is 0.522. The maximum Gasteiger partial charge on any atom is 0.511 e. The maximum absolute atomic E-state index is 16.2. The van der Waals surface area contributed by atoms with E-state index in [9.17, 15) is 24.6 Å². The van der Waals surface area contributed by atoms with Gasteiger partial charge in [-0.2, -0.15) is 0 Å². The summed E-state index contributed by atoms with van der Waals surface area (Å²) in [5.41, 5.74) is -1.87. The zero-order valence-corrected chi connectivity index (χ0v) is 18.7. The average molecular weight is 493 g/mol. The highest BCUT2D eigenvalue weighted by Crippen LogP contribution is 2.43. The minimum atomic E-state index is -2.00. The summed E-state index contributed by atoms with van der Waals surface area (Å²) in [5.74, 6) is -4.06. The molecule has 1 aliphatic carbocycles. The molecule has 3 aliphatic rings. The van der Waals surface area contributed by atoms with E-state index >= 15 is 8.78 Å². The fourth-order valence-corrected chi connectivity index (χ4v) is 5.41. The molecule has 2 saturated heterocycles. The molecule has 0 spiro atoms. The number of ether oxygens (including phenoxy) is 1. The molecule has 3 fully saturated rings. The van der Waals surface area contributed by atoms with E-state index in [0.717, 1.165) is 25.5 Å². The summed E-state index contributed by atoms with van der Waals surface area (Å²) >= 11 is 0. The van der Waals surface area contributed by atoms with Crippen LogP contribution in [0.4, 0.5) is 19.3 Å². The van der Waals surface area contributed by atoms with Crippen LogP contribution in [-0.2, 0) is 11.2 Å². The van der Waals surface area contributed by atoms with Crippen molar-refractivity contribution >= 4 is 28.7 Å². The number of fused-ring (bicyclic) bond motifs is 2. The van der Waals surface area contributed by atoms with Gasteiger partial charge in [0.15, 0.2) is 11.9 Å². The zero-order chi connectivity index (χ0) is 25.0. The van der Waals surface area contributed by atoms with E-state index in [1.54, 1.807) is 4.90 Å². The topological polar surface area (TPSA) is 141 Å². The van der Waals surface area contributed by atoms with Crippen molar-refractivity contribution in [2.45, 2.75) is 50.3 Å². The molecule has 3 heterocycles. The molecule has 1 aromatic carbocycles. The lowest BCUT2D eigenvalue weighted by atomic mass is 9.94. The van der Waals surface area contributed by atoms with Gasteiger partial charge in [0.1, 0.15) is 11.5 Å². The van der Waals surface area contributed by atoms with Crippen LogP contribution in [0.1, 0.15) is 37.4 Å². The summed E-state index contributed by atoms with van der Waals surface area (Å²) in [6.07, 6.45) is -1.53. The van der Waals surface area contributed by atoms with Gasteiger partial charge in [-0.1, -0.05) is 0 Å². The molecule has 35 heavy (non-hydrogen) atoms. The smallest absolute Gasteiger partial charge is 0.479 e.